The fourth-order valence-electron chi connectivity index (χ4n) is 1.000. The van der Waals surface area contributed by atoms with Gasteiger partial charge in [0.25, 0.3) is 7.48 Å². The van der Waals surface area contributed by atoms with Gasteiger partial charge in [-0.2, -0.15) is 0 Å². The highest BCUT2D eigenvalue weighted by molar-refractivity contribution is 6.27. The molecular formula is C9H14BNO. The molecule has 2 nitrogen and oxygen atoms in total. The molecule has 1 aromatic rings. The summed E-state index contributed by atoms with van der Waals surface area (Å²) in [7, 11) is 1.00. The van der Waals surface area contributed by atoms with E-state index in [1.165, 1.54) is 19.2 Å². The van der Waals surface area contributed by atoms with Crippen molar-refractivity contribution in [2.24, 2.45) is 0 Å². The van der Waals surface area contributed by atoms with Gasteiger partial charge in [-0.15, -0.1) is 0 Å². The van der Waals surface area contributed by atoms with Crippen LogP contribution in [0.2, 0.25) is 6.32 Å². The molecule has 1 saturated heterocycles. The third-order valence-corrected chi connectivity index (χ3v) is 1.64. The summed E-state index contributed by atoms with van der Waals surface area (Å²) < 4.78 is 5.07. The van der Waals surface area contributed by atoms with Crippen LogP contribution in [0, 0.1) is 0 Å². The summed E-state index contributed by atoms with van der Waals surface area (Å²) >= 11 is 0. The lowest BCUT2D eigenvalue weighted by atomic mass is 9.89. The van der Waals surface area contributed by atoms with E-state index in [2.05, 4.69) is 4.98 Å². The van der Waals surface area contributed by atoms with E-state index >= 15 is 0 Å². The Morgan fingerprint density at radius 2 is 1.92 bits per heavy atom. The van der Waals surface area contributed by atoms with E-state index in [0.29, 0.717) is 0 Å². The highest BCUT2D eigenvalue weighted by Gasteiger charge is 1.97. The van der Waals surface area contributed by atoms with Crippen molar-refractivity contribution in [3.63, 3.8) is 0 Å². The molecule has 0 amide bonds. The molecule has 3 heteroatoms. The highest BCUT2D eigenvalue weighted by atomic mass is 16.4. The Hall–Kier alpha value is -0.825. The number of hydrogen-bond donors (Lipinski definition) is 0. The smallest absolute Gasteiger partial charge is 0.274 e. The Morgan fingerprint density at radius 1 is 1.08 bits per heavy atom. The van der Waals surface area contributed by atoms with E-state index in [4.69, 9.17) is 4.65 Å². The molecule has 64 valence electrons. The summed E-state index contributed by atoms with van der Waals surface area (Å²) in [5.41, 5.74) is 0. The van der Waals surface area contributed by atoms with Crippen LogP contribution in [0.15, 0.2) is 30.6 Å². The third-order valence-electron chi connectivity index (χ3n) is 1.64. The first-order valence-electron chi connectivity index (χ1n) is 4.43. The predicted molar refractivity (Wildman–Crippen MR) is 51.4 cm³/mol. The first-order chi connectivity index (χ1) is 6.00. The minimum Gasteiger partial charge on any atom is -0.439 e. The third kappa shape index (κ3) is 4.91. The Bertz CT molecular complexity index is 139. The van der Waals surface area contributed by atoms with Crippen molar-refractivity contribution < 1.29 is 4.65 Å². The van der Waals surface area contributed by atoms with E-state index in [-0.39, 0.29) is 0 Å². The van der Waals surface area contributed by atoms with Crippen LogP contribution in [-0.4, -0.2) is 19.1 Å². The zero-order valence-corrected chi connectivity index (χ0v) is 7.28. The van der Waals surface area contributed by atoms with Crippen molar-refractivity contribution in [3.8, 4) is 0 Å². The van der Waals surface area contributed by atoms with Crippen molar-refractivity contribution in [1.82, 2.24) is 4.98 Å². The number of hydrogen-bond acceptors (Lipinski definition) is 2. The molecule has 0 aromatic carbocycles. The summed E-state index contributed by atoms with van der Waals surface area (Å²) in [4.78, 5) is 3.78. The summed E-state index contributed by atoms with van der Waals surface area (Å²) in [5.74, 6) is 0. The van der Waals surface area contributed by atoms with Crippen LogP contribution >= 0.6 is 0 Å². The fraction of sp³-hybridized carbons (Fsp3) is 0.444. The van der Waals surface area contributed by atoms with Crippen LogP contribution in [0.1, 0.15) is 12.8 Å². The lowest BCUT2D eigenvalue weighted by Crippen LogP contribution is -2.06. The first kappa shape index (κ1) is 9.26. The van der Waals surface area contributed by atoms with Gasteiger partial charge in [-0.1, -0.05) is 18.8 Å². The predicted octanol–water partition coefficient (Wildman–Crippen LogP) is 1.65. The molecule has 1 aromatic heterocycles. The highest BCUT2D eigenvalue weighted by Crippen LogP contribution is 2.01. The Labute approximate surface area is 74.2 Å². The molecule has 0 aliphatic carbocycles. The van der Waals surface area contributed by atoms with Gasteiger partial charge in [-0.3, -0.25) is 4.98 Å². The maximum atomic E-state index is 5.07. The topological polar surface area (TPSA) is 22.1 Å². The standard InChI is InChI=1S/C5H5N.C4H9BO/c2*1-2-4-6-5-3-1/h1-5H;5H,1-4H2. The van der Waals surface area contributed by atoms with Crippen LogP contribution in [0.5, 0.6) is 0 Å². The van der Waals surface area contributed by atoms with Gasteiger partial charge in [-0.25, -0.2) is 0 Å². The normalized spacial score (nSPS) is 15.3. The molecule has 0 spiro atoms. The monoisotopic (exact) mass is 163 g/mol. The Balaban J connectivity index is 0.000000120. The van der Waals surface area contributed by atoms with Gasteiger partial charge in [0.05, 0.1) is 0 Å². The minimum atomic E-state index is 1.00. The molecule has 1 fully saturated rings. The number of nitrogens with zero attached hydrogens (tertiary/aromatic N) is 1. The first-order valence-corrected chi connectivity index (χ1v) is 4.43. The second kappa shape index (κ2) is 6.86. The van der Waals surface area contributed by atoms with Gasteiger partial charge < -0.3 is 4.65 Å². The van der Waals surface area contributed by atoms with Crippen LogP contribution in [0.25, 0.3) is 0 Å². The van der Waals surface area contributed by atoms with Crippen molar-refractivity contribution in [2.45, 2.75) is 19.2 Å². The molecule has 2 heterocycles. The van der Waals surface area contributed by atoms with Crippen LogP contribution in [0.4, 0.5) is 0 Å². The minimum absolute atomic E-state index is 1.00. The molecular weight excluding hydrogens is 149 g/mol. The number of rotatable bonds is 0. The summed E-state index contributed by atoms with van der Waals surface area (Å²) in [6.07, 6.45) is 7.43. The van der Waals surface area contributed by atoms with Crippen molar-refractivity contribution in [2.75, 3.05) is 6.61 Å². The Morgan fingerprint density at radius 3 is 2.08 bits per heavy atom. The zero-order valence-electron chi connectivity index (χ0n) is 7.28. The van der Waals surface area contributed by atoms with Crippen molar-refractivity contribution in [1.29, 1.82) is 0 Å². The fourth-order valence-corrected chi connectivity index (χ4v) is 1.000. The van der Waals surface area contributed by atoms with Crippen molar-refractivity contribution >= 4 is 7.48 Å². The Kier molecular flexibility index (Phi) is 5.30. The number of pyridine rings is 1. The van der Waals surface area contributed by atoms with E-state index in [1.54, 1.807) is 12.4 Å². The van der Waals surface area contributed by atoms with E-state index in [1.807, 2.05) is 18.2 Å². The van der Waals surface area contributed by atoms with Gasteiger partial charge >= 0.3 is 0 Å². The molecule has 0 saturated carbocycles. The second-order valence-corrected chi connectivity index (χ2v) is 2.70. The van der Waals surface area contributed by atoms with Crippen LogP contribution in [0.3, 0.4) is 0 Å². The van der Waals surface area contributed by atoms with Gasteiger partial charge in [0.2, 0.25) is 0 Å². The maximum Gasteiger partial charge on any atom is 0.274 e. The molecule has 0 radical (unpaired) electrons. The molecule has 12 heavy (non-hydrogen) atoms. The lowest BCUT2D eigenvalue weighted by molar-refractivity contribution is 0.304. The quantitative estimate of drug-likeness (QED) is 0.542. The van der Waals surface area contributed by atoms with Crippen molar-refractivity contribution in [3.05, 3.63) is 30.6 Å². The number of aromatic nitrogens is 1. The van der Waals surface area contributed by atoms with E-state index < -0.39 is 0 Å². The summed E-state index contributed by atoms with van der Waals surface area (Å²) in [6.45, 7) is 1.00. The van der Waals surface area contributed by atoms with E-state index in [9.17, 15) is 0 Å². The molecule has 0 atom stereocenters. The zero-order chi connectivity index (χ0) is 8.49. The maximum absolute atomic E-state index is 5.07. The molecule has 1 aliphatic heterocycles. The average molecular weight is 163 g/mol. The molecule has 2 rings (SSSR count). The van der Waals surface area contributed by atoms with E-state index in [0.717, 1.165) is 14.1 Å². The van der Waals surface area contributed by atoms with Gasteiger partial charge in [0.15, 0.2) is 0 Å². The molecule has 0 bridgehead atoms. The van der Waals surface area contributed by atoms with Crippen LogP contribution < -0.4 is 0 Å². The SMILES string of the molecule is B1CCCCO1.c1ccncc1. The molecule has 1 aliphatic rings. The van der Waals surface area contributed by atoms with Gasteiger partial charge in [-0.05, 0) is 18.6 Å². The molecule has 0 N–H and O–H groups in total. The molecule has 0 unspecified atom stereocenters. The second-order valence-electron chi connectivity index (χ2n) is 2.70. The average Bonchev–Trinajstić information content (AvgIpc) is 2.24. The van der Waals surface area contributed by atoms with Gasteiger partial charge in [0, 0.05) is 19.0 Å². The summed E-state index contributed by atoms with van der Waals surface area (Å²) in [6, 6.07) is 5.72. The largest absolute Gasteiger partial charge is 0.439 e. The lowest BCUT2D eigenvalue weighted by Gasteiger charge is -2.06. The summed E-state index contributed by atoms with van der Waals surface area (Å²) in [5, 5.41) is 0. The van der Waals surface area contributed by atoms with Crippen LogP contribution in [-0.2, 0) is 4.65 Å². The van der Waals surface area contributed by atoms with Gasteiger partial charge in [0.1, 0.15) is 0 Å².